The molecule has 2 aromatic heterocycles. The van der Waals surface area contributed by atoms with E-state index in [4.69, 9.17) is 4.98 Å². The van der Waals surface area contributed by atoms with Crippen molar-refractivity contribution in [3.8, 4) is 0 Å². The lowest BCUT2D eigenvalue weighted by Crippen LogP contribution is -2.31. The SMILES string of the molecule is Cc1cc(NC(=O)c2cccc(F)c2)sc1C(=O)NC(c1ccccc1)c1nc2ccccc2n1C. The average Bonchev–Trinajstić information content (AvgIpc) is 3.42. The molecule has 0 aliphatic rings. The second-order valence-electron chi connectivity index (χ2n) is 8.42. The number of carbonyl (C=O) groups excluding carboxylic acids is 2. The molecule has 8 heteroatoms. The topological polar surface area (TPSA) is 76.0 Å². The van der Waals surface area contributed by atoms with Gasteiger partial charge in [-0.3, -0.25) is 9.59 Å². The third kappa shape index (κ3) is 4.63. The molecule has 6 nitrogen and oxygen atoms in total. The molecule has 0 radical (unpaired) electrons. The molecule has 0 saturated carbocycles. The van der Waals surface area contributed by atoms with Gasteiger partial charge in [0, 0.05) is 12.6 Å². The summed E-state index contributed by atoms with van der Waals surface area (Å²) in [4.78, 5) is 31.3. The van der Waals surface area contributed by atoms with E-state index in [0.29, 0.717) is 15.7 Å². The zero-order chi connectivity index (χ0) is 25.2. The summed E-state index contributed by atoms with van der Waals surface area (Å²) < 4.78 is 15.5. The summed E-state index contributed by atoms with van der Waals surface area (Å²) in [6.45, 7) is 1.82. The van der Waals surface area contributed by atoms with E-state index in [-0.39, 0.29) is 11.5 Å². The van der Waals surface area contributed by atoms with Gasteiger partial charge in [-0.2, -0.15) is 0 Å². The Bertz CT molecular complexity index is 1580. The number of nitrogens with one attached hydrogen (secondary N) is 2. The van der Waals surface area contributed by atoms with Crippen molar-refractivity contribution < 1.29 is 14.0 Å². The predicted molar refractivity (Wildman–Crippen MR) is 140 cm³/mol. The number of carbonyl (C=O) groups is 2. The van der Waals surface area contributed by atoms with Gasteiger partial charge in [-0.25, -0.2) is 9.37 Å². The maximum Gasteiger partial charge on any atom is 0.262 e. The van der Waals surface area contributed by atoms with E-state index in [9.17, 15) is 14.0 Å². The summed E-state index contributed by atoms with van der Waals surface area (Å²) in [7, 11) is 1.93. The number of fused-ring (bicyclic) bond motifs is 1. The third-order valence-electron chi connectivity index (χ3n) is 5.94. The Balaban J connectivity index is 1.43. The fourth-order valence-corrected chi connectivity index (χ4v) is 5.12. The van der Waals surface area contributed by atoms with Crippen LogP contribution in [0.3, 0.4) is 0 Å². The van der Waals surface area contributed by atoms with Crippen LogP contribution in [-0.2, 0) is 7.05 Å². The molecule has 0 aliphatic carbocycles. The van der Waals surface area contributed by atoms with Gasteiger partial charge in [0.25, 0.3) is 11.8 Å². The molecule has 0 fully saturated rings. The first-order valence-corrected chi connectivity index (χ1v) is 12.2. The molecule has 5 rings (SSSR count). The Hall–Kier alpha value is -4.30. The molecule has 0 saturated heterocycles. The van der Waals surface area contributed by atoms with E-state index < -0.39 is 17.8 Å². The van der Waals surface area contributed by atoms with Crippen LogP contribution in [0, 0.1) is 12.7 Å². The van der Waals surface area contributed by atoms with Crippen LogP contribution in [0.25, 0.3) is 11.0 Å². The Labute approximate surface area is 211 Å². The van der Waals surface area contributed by atoms with E-state index in [1.807, 2.05) is 73.1 Å². The molecule has 0 bridgehead atoms. The fourth-order valence-electron chi connectivity index (χ4n) is 4.14. The summed E-state index contributed by atoms with van der Waals surface area (Å²) in [5, 5.41) is 6.41. The van der Waals surface area contributed by atoms with Crippen molar-refractivity contribution >= 4 is 39.2 Å². The first-order chi connectivity index (χ1) is 17.4. The number of para-hydroxylation sites is 2. The quantitative estimate of drug-likeness (QED) is 0.308. The van der Waals surface area contributed by atoms with Gasteiger partial charge in [-0.15, -0.1) is 11.3 Å². The van der Waals surface area contributed by atoms with Gasteiger partial charge in [-0.05, 0) is 54.4 Å². The van der Waals surface area contributed by atoms with Gasteiger partial charge in [0.1, 0.15) is 17.7 Å². The van der Waals surface area contributed by atoms with Gasteiger partial charge in [0.2, 0.25) is 0 Å². The maximum atomic E-state index is 13.5. The van der Waals surface area contributed by atoms with Gasteiger partial charge >= 0.3 is 0 Å². The molecule has 0 aliphatic heterocycles. The number of imidazole rings is 1. The minimum Gasteiger partial charge on any atom is -0.337 e. The largest absolute Gasteiger partial charge is 0.337 e. The Morgan fingerprint density at radius 2 is 1.69 bits per heavy atom. The lowest BCUT2D eigenvalue weighted by Gasteiger charge is -2.19. The molecule has 0 spiro atoms. The number of nitrogens with zero attached hydrogens (tertiary/aromatic N) is 2. The summed E-state index contributed by atoms with van der Waals surface area (Å²) in [6, 6.07) is 24.2. The van der Waals surface area contributed by atoms with Crippen molar-refractivity contribution in [3.63, 3.8) is 0 Å². The average molecular weight is 499 g/mol. The first kappa shape index (κ1) is 23.4. The van der Waals surface area contributed by atoms with Crippen LogP contribution in [0.5, 0.6) is 0 Å². The zero-order valence-electron chi connectivity index (χ0n) is 19.7. The zero-order valence-corrected chi connectivity index (χ0v) is 20.5. The summed E-state index contributed by atoms with van der Waals surface area (Å²) in [5.41, 5.74) is 3.65. The second-order valence-corrected chi connectivity index (χ2v) is 9.47. The van der Waals surface area contributed by atoms with E-state index in [1.54, 1.807) is 6.07 Å². The normalized spacial score (nSPS) is 11.9. The number of rotatable bonds is 6. The van der Waals surface area contributed by atoms with E-state index in [0.717, 1.165) is 22.2 Å². The van der Waals surface area contributed by atoms with Crippen molar-refractivity contribution in [2.24, 2.45) is 7.05 Å². The number of aryl methyl sites for hydroxylation is 2. The molecule has 5 aromatic rings. The van der Waals surface area contributed by atoms with Crippen LogP contribution in [0.1, 0.15) is 43.0 Å². The summed E-state index contributed by atoms with van der Waals surface area (Å²) in [6.07, 6.45) is 0. The molecule has 36 heavy (non-hydrogen) atoms. The molecule has 1 unspecified atom stereocenters. The van der Waals surface area contributed by atoms with Gasteiger partial charge in [0.15, 0.2) is 0 Å². The highest BCUT2D eigenvalue weighted by Crippen LogP contribution is 2.30. The number of halogens is 1. The molecular formula is C28H23FN4O2S. The Morgan fingerprint density at radius 3 is 2.44 bits per heavy atom. The lowest BCUT2D eigenvalue weighted by molar-refractivity contribution is 0.0944. The minimum atomic E-state index is -0.487. The molecule has 180 valence electrons. The first-order valence-electron chi connectivity index (χ1n) is 11.3. The van der Waals surface area contributed by atoms with E-state index >= 15 is 0 Å². The van der Waals surface area contributed by atoms with Gasteiger partial charge in [-0.1, -0.05) is 48.5 Å². The summed E-state index contributed by atoms with van der Waals surface area (Å²) >= 11 is 1.17. The number of hydrogen-bond acceptors (Lipinski definition) is 4. The number of amides is 2. The Kier molecular flexibility index (Phi) is 6.35. The van der Waals surface area contributed by atoms with Crippen molar-refractivity contribution in [2.45, 2.75) is 13.0 Å². The maximum absolute atomic E-state index is 13.5. The molecule has 3 aromatic carbocycles. The smallest absolute Gasteiger partial charge is 0.262 e. The van der Waals surface area contributed by atoms with Gasteiger partial charge < -0.3 is 15.2 Å². The fraction of sp³-hybridized carbons (Fsp3) is 0.107. The van der Waals surface area contributed by atoms with Crippen LogP contribution < -0.4 is 10.6 Å². The van der Waals surface area contributed by atoms with Crippen molar-refractivity contribution in [1.82, 2.24) is 14.9 Å². The highest BCUT2D eigenvalue weighted by atomic mass is 32.1. The van der Waals surface area contributed by atoms with Gasteiger partial charge in [0.05, 0.1) is 20.9 Å². The number of hydrogen-bond donors (Lipinski definition) is 2. The highest BCUT2D eigenvalue weighted by Gasteiger charge is 2.25. The van der Waals surface area contributed by atoms with Crippen molar-refractivity contribution in [2.75, 3.05) is 5.32 Å². The second kappa shape index (κ2) is 9.75. The predicted octanol–water partition coefficient (Wildman–Crippen LogP) is 5.85. The molecule has 2 N–H and O–H groups in total. The number of anilines is 1. The van der Waals surface area contributed by atoms with E-state index in [2.05, 4.69) is 10.6 Å². The molecule has 1 atom stereocenters. The molecular weight excluding hydrogens is 475 g/mol. The molecule has 2 heterocycles. The van der Waals surface area contributed by atoms with Crippen LogP contribution >= 0.6 is 11.3 Å². The number of thiophene rings is 1. The highest BCUT2D eigenvalue weighted by molar-refractivity contribution is 7.18. The van der Waals surface area contributed by atoms with Crippen LogP contribution in [-0.4, -0.2) is 21.4 Å². The number of aromatic nitrogens is 2. The summed E-state index contributed by atoms with van der Waals surface area (Å²) in [5.74, 6) is -0.488. The molecule has 2 amide bonds. The lowest BCUT2D eigenvalue weighted by atomic mass is 10.1. The minimum absolute atomic E-state index is 0.207. The number of benzene rings is 3. The standard InChI is InChI=1S/C28H23FN4O2S/c1-17-15-23(31-27(34)19-11-8-12-20(29)16-19)36-25(17)28(35)32-24(18-9-4-3-5-10-18)26-30-21-13-6-7-14-22(21)33(26)2/h3-16,24H,1-2H3,(H,31,34)(H,32,35). The van der Waals surface area contributed by atoms with Crippen LogP contribution in [0.15, 0.2) is 84.9 Å². The third-order valence-corrected chi connectivity index (χ3v) is 7.09. The van der Waals surface area contributed by atoms with Crippen LogP contribution in [0.2, 0.25) is 0 Å². The van der Waals surface area contributed by atoms with E-state index in [1.165, 1.54) is 35.6 Å². The van der Waals surface area contributed by atoms with Crippen LogP contribution in [0.4, 0.5) is 9.39 Å². The van der Waals surface area contributed by atoms with Crippen molar-refractivity contribution in [3.05, 3.63) is 118 Å². The van der Waals surface area contributed by atoms with Crippen molar-refractivity contribution in [1.29, 1.82) is 0 Å². The monoisotopic (exact) mass is 498 g/mol. The Morgan fingerprint density at radius 1 is 0.944 bits per heavy atom.